The molecule has 5 nitrogen and oxygen atoms in total. The molecule has 5 heteroatoms. The van der Waals surface area contributed by atoms with E-state index in [1.807, 2.05) is 0 Å². The molecular weight excluding hydrogens is 242 g/mol. The van der Waals surface area contributed by atoms with Crippen LogP contribution in [0.5, 0.6) is 0 Å². The first-order valence-electron chi connectivity index (χ1n) is 7.35. The lowest BCUT2D eigenvalue weighted by Gasteiger charge is -2.30. The number of ether oxygens (including phenoxy) is 1. The van der Waals surface area contributed by atoms with Crippen molar-refractivity contribution in [3.8, 4) is 0 Å². The molecule has 1 fully saturated rings. The summed E-state index contributed by atoms with van der Waals surface area (Å²) in [5.41, 5.74) is 0. The number of hydrogen-bond donors (Lipinski definition) is 2. The molecule has 0 radical (unpaired) electrons. The van der Waals surface area contributed by atoms with Crippen LogP contribution in [0.4, 0.5) is 0 Å². The van der Waals surface area contributed by atoms with Crippen LogP contribution in [0.25, 0.3) is 0 Å². The minimum atomic E-state index is -0.304. The Kier molecular flexibility index (Phi) is 7.87. The van der Waals surface area contributed by atoms with E-state index in [1.165, 1.54) is 0 Å². The molecule has 2 unspecified atom stereocenters. The predicted molar refractivity (Wildman–Crippen MR) is 78.4 cm³/mol. The molecule has 114 valence electrons. The van der Waals surface area contributed by atoms with Gasteiger partial charge in [0, 0.05) is 38.8 Å². The highest BCUT2D eigenvalue weighted by molar-refractivity contribution is 4.76. The van der Waals surface area contributed by atoms with Crippen molar-refractivity contribution < 1.29 is 9.84 Å². The van der Waals surface area contributed by atoms with E-state index in [-0.39, 0.29) is 6.10 Å². The molecule has 0 amide bonds. The number of rotatable bonds is 8. The van der Waals surface area contributed by atoms with E-state index < -0.39 is 0 Å². The van der Waals surface area contributed by atoms with Crippen molar-refractivity contribution in [2.45, 2.75) is 26.0 Å². The average Bonchev–Trinajstić information content (AvgIpc) is 2.35. The highest BCUT2D eigenvalue weighted by Gasteiger charge is 2.18. The first kappa shape index (κ1) is 16.9. The largest absolute Gasteiger partial charge is 0.390 e. The molecule has 2 N–H and O–H groups in total. The highest BCUT2D eigenvalue weighted by Crippen LogP contribution is 2.03. The molecule has 0 spiro atoms. The summed E-state index contributed by atoms with van der Waals surface area (Å²) in [5.74, 6) is 0.568. The number of β-amino-alcohol motifs (C(OH)–C–C–N with tert-alkyl or cyclic N) is 1. The number of aliphatic hydroxyl groups excluding tert-OH is 1. The zero-order valence-electron chi connectivity index (χ0n) is 12.9. The maximum atomic E-state index is 10.1. The van der Waals surface area contributed by atoms with Crippen LogP contribution < -0.4 is 5.32 Å². The van der Waals surface area contributed by atoms with Gasteiger partial charge in [0.15, 0.2) is 0 Å². The van der Waals surface area contributed by atoms with E-state index in [1.54, 1.807) is 0 Å². The van der Waals surface area contributed by atoms with Crippen LogP contribution in [0.15, 0.2) is 0 Å². The van der Waals surface area contributed by atoms with Crippen molar-refractivity contribution >= 4 is 0 Å². The fourth-order valence-corrected chi connectivity index (χ4v) is 2.34. The summed E-state index contributed by atoms with van der Waals surface area (Å²) < 4.78 is 5.31. The Morgan fingerprint density at radius 1 is 1.26 bits per heavy atom. The Balaban J connectivity index is 2.24. The Labute approximate surface area is 117 Å². The van der Waals surface area contributed by atoms with Crippen molar-refractivity contribution in [2.75, 3.05) is 60.0 Å². The van der Waals surface area contributed by atoms with Crippen molar-refractivity contribution in [3.63, 3.8) is 0 Å². The summed E-state index contributed by atoms with van der Waals surface area (Å²) in [4.78, 5) is 4.46. The maximum Gasteiger partial charge on any atom is 0.0791 e. The summed E-state index contributed by atoms with van der Waals surface area (Å²) >= 11 is 0. The van der Waals surface area contributed by atoms with Gasteiger partial charge in [0.25, 0.3) is 0 Å². The van der Waals surface area contributed by atoms with Crippen LogP contribution in [0, 0.1) is 5.92 Å². The number of aliphatic hydroxyl groups is 1. The summed E-state index contributed by atoms with van der Waals surface area (Å²) in [5, 5.41) is 13.6. The van der Waals surface area contributed by atoms with Gasteiger partial charge in [-0.25, -0.2) is 0 Å². The number of hydrogen-bond acceptors (Lipinski definition) is 5. The molecule has 0 aromatic rings. The topological polar surface area (TPSA) is 48.0 Å². The third-order valence-electron chi connectivity index (χ3n) is 3.55. The van der Waals surface area contributed by atoms with Gasteiger partial charge in [0.1, 0.15) is 0 Å². The summed E-state index contributed by atoms with van der Waals surface area (Å²) in [6.45, 7) is 10.3. The molecule has 19 heavy (non-hydrogen) atoms. The van der Waals surface area contributed by atoms with Crippen LogP contribution >= 0.6 is 0 Å². The molecule has 0 aliphatic carbocycles. The zero-order chi connectivity index (χ0) is 14.3. The number of morpholine rings is 1. The summed E-state index contributed by atoms with van der Waals surface area (Å²) in [6.07, 6.45) is -0.304. The van der Waals surface area contributed by atoms with E-state index in [0.29, 0.717) is 18.5 Å². The molecule has 0 bridgehead atoms. The number of nitrogens with one attached hydrogen (secondary N) is 1. The molecule has 1 aliphatic rings. The highest BCUT2D eigenvalue weighted by atomic mass is 16.5. The van der Waals surface area contributed by atoms with E-state index in [0.717, 1.165) is 39.4 Å². The van der Waals surface area contributed by atoms with Gasteiger partial charge in [-0.2, -0.15) is 0 Å². The average molecular weight is 273 g/mol. The number of likely N-dealkylation sites (N-methyl/N-ethyl adjacent to an activating group) is 1. The molecule has 1 saturated heterocycles. The Bertz CT molecular complexity index is 231. The quantitative estimate of drug-likeness (QED) is 0.644. The standard InChI is InChI=1S/C14H31N3O2/c1-12(2)14(11-16(3)4)15-9-13(18)10-17-5-7-19-8-6-17/h12-15,18H,5-11H2,1-4H3. The smallest absolute Gasteiger partial charge is 0.0791 e. The van der Waals surface area contributed by atoms with Gasteiger partial charge >= 0.3 is 0 Å². The molecule has 0 saturated carbocycles. The second-order valence-corrected chi connectivity index (χ2v) is 6.09. The lowest BCUT2D eigenvalue weighted by molar-refractivity contribution is 0.0140. The van der Waals surface area contributed by atoms with Crippen LogP contribution in [-0.2, 0) is 4.74 Å². The van der Waals surface area contributed by atoms with Gasteiger partial charge in [-0.3, -0.25) is 4.90 Å². The van der Waals surface area contributed by atoms with Gasteiger partial charge < -0.3 is 20.1 Å². The Morgan fingerprint density at radius 2 is 1.89 bits per heavy atom. The predicted octanol–water partition coefficient (Wildman–Crippen LogP) is -0.145. The third kappa shape index (κ3) is 7.22. The van der Waals surface area contributed by atoms with E-state index in [4.69, 9.17) is 4.74 Å². The Morgan fingerprint density at radius 3 is 2.42 bits per heavy atom. The monoisotopic (exact) mass is 273 g/mol. The van der Waals surface area contributed by atoms with Gasteiger partial charge in [0.05, 0.1) is 19.3 Å². The van der Waals surface area contributed by atoms with E-state index in [2.05, 4.69) is 43.1 Å². The first-order valence-corrected chi connectivity index (χ1v) is 7.35. The molecule has 1 aliphatic heterocycles. The minimum absolute atomic E-state index is 0.304. The summed E-state index contributed by atoms with van der Waals surface area (Å²) in [7, 11) is 4.17. The lowest BCUT2D eigenvalue weighted by atomic mass is 10.0. The minimum Gasteiger partial charge on any atom is -0.390 e. The second kappa shape index (κ2) is 8.87. The molecule has 1 rings (SSSR count). The van der Waals surface area contributed by atoms with Crippen LogP contribution in [-0.4, -0.2) is 87.1 Å². The van der Waals surface area contributed by atoms with Crippen LogP contribution in [0.1, 0.15) is 13.8 Å². The second-order valence-electron chi connectivity index (χ2n) is 6.09. The molecule has 2 atom stereocenters. The molecular formula is C14H31N3O2. The van der Waals surface area contributed by atoms with Crippen molar-refractivity contribution in [1.29, 1.82) is 0 Å². The Hall–Kier alpha value is -0.200. The molecule has 0 aromatic carbocycles. The fraction of sp³-hybridized carbons (Fsp3) is 1.00. The van der Waals surface area contributed by atoms with E-state index in [9.17, 15) is 5.11 Å². The molecule has 1 heterocycles. The van der Waals surface area contributed by atoms with Crippen LogP contribution in [0.3, 0.4) is 0 Å². The van der Waals surface area contributed by atoms with Gasteiger partial charge in [-0.15, -0.1) is 0 Å². The first-order chi connectivity index (χ1) is 8.99. The summed E-state index contributed by atoms with van der Waals surface area (Å²) in [6, 6.07) is 0.425. The normalized spacial score (nSPS) is 21.0. The van der Waals surface area contributed by atoms with Crippen molar-refractivity contribution in [1.82, 2.24) is 15.1 Å². The van der Waals surface area contributed by atoms with E-state index >= 15 is 0 Å². The number of nitrogens with zero attached hydrogens (tertiary/aromatic N) is 2. The fourth-order valence-electron chi connectivity index (χ4n) is 2.34. The maximum absolute atomic E-state index is 10.1. The van der Waals surface area contributed by atoms with Crippen molar-refractivity contribution in [3.05, 3.63) is 0 Å². The van der Waals surface area contributed by atoms with Gasteiger partial charge in [0.2, 0.25) is 0 Å². The van der Waals surface area contributed by atoms with Gasteiger partial charge in [-0.05, 0) is 20.0 Å². The van der Waals surface area contributed by atoms with Gasteiger partial charge in [-0.1, -0.05) is 13.8 Å². The zero-order valence-corrected chi connectivity index (χ0v) is 12.9. The van der Waals surface area contributed by atoms with Crippen LogP contribution in [0.2, 0.25) is 0 Å². The van der Waals surface area contributed by atoms with Crippen molar-refractivity contribution in [2.24, 2.45) is 5.92 Å². The SMILES string of the molecule is CC(C)C(CN(C)C)NCC(O)CN1CCOCC1. The lowest BCUT2D eigenvalue weighted by Crippen LogP contribution is -2.48. The third-order valence-corrected chi connectivity index (χ3v) is 3.55. The molecule has 0 aromatic heterocycles.